The summed E-state index contributed by atoms with van der Waals surface area (Å²) in [5.41, 5.74) is 7.06. The molecule has 1 atom stereocenters. The average Bonchev–Trinajstić information content (AvgIpc) is 2.31. The molecule has 13 heavy (non-hydrogen) atoms. The molecule has 1 unspecified atom stereocenters. The first-order valence-corrected chi connectivity index (χ1v) is 4.86. The molecule has 72 valence electrons. The summed E-state index contributed by atoms with van der Waals surface area (Å²) in [5, 5.41) is 8.24. The van der Waals surface area contributed by atoms with Gasteiger partial charge >= 0.3 is 0 Å². The maximum Gasteiger partial charge on any atom is 0.0842 e. The molecule has 1 aromatic rings. The maximum atomic E-state index is 6.04. The minimum Gasteiger partial charge on any atom is -0.327 e. The zero-order valence-corrected chi connectivity index (χ0v) is 7.98. The molecular weight excluding hydrogens is 164 g/mol. The van der Waals surface area contributed by atoms with E-state index in [1.807, 2.05) is 7.05 Å². The number of hydrogen-bond acceptors (Lipinski definition) is 3. The normalized spacial score (nSPS) is 19.8. The molecule has 2 rings (SSSR count). The van der Waals surface area contributed by atoms with Crippen LogP contribution in [0.2, 0.25) is 0 Å². The Balaban J connectivity index is 1.89. The summed E-state index contributed by atoms with van der Waals surface area (Å²) in [6, 6.07) is 0.283. The highest BCUT2D eigenvalue weighted by Crippen LogP contribution is 2.29. The maximum absolute atomic E-state index is 6.04. The molecule has 1 saturated carbocycles. The van der Waals surface area contributed by atoms with Crippen LogP contribution >= 0.6 is 0 Å². The van der Waals surface area contributed by atoms with Crippen molar-refractivity contribution in [2.24, 2.45) is 18.7 Å². The molecule has 0 saturated heterocycles. The van der Waals surface area contributed by atoms with E-state index in [2.05, 4.69) is 10.2 Å². The lowest BCUT2D eigenvalue weighted by Crippen LogP contribution is -2.36. The van der Waals surface area contributed by atoms with E-state index in [-0.39, 0.29) is 6.04 Å². The van der Waals surface area contributed by atoms with E-state index in [1.165, 1.54) is 19.3 Å². The van der Waals surface area contributed by atoms with Crippen molar-refractivity contribution in [3.8, 4) is 0 Å². The summed E-state index contributed by atoms with van der Waals surface area (Å²) in [5.74, 6) is 0.724. The summed E-state index contributed by atoms with van der Waals surface area (Å²) < 4.78 is 0. The van der Waals surface area contributed by atoms with Crippen LogP contribution < -0.4 is 5.73 Å². The van der Waals surface area contributed by atoms with Gasteiger partial charge in [-0.1, -0.05) is 6.42 Å². The number of aryl methyl sites for hydroxylation is 1. The second-order valence-electron chi connectivity index (χ2n) is 3.88. The zero-order chi connectivity index (χ0) is 9.26. The molecule has 2 N–H and O–H groups in total. The van der Waals surface area contributed by atoms with Gasteiger partial charge in [-0.2, -0.15) is 15.0 Å². The Bertz CT molecular complexity index is 277. The van der Waals surface area contributed by atoms with Gasteiger partial charge in [0.15, 0.2) is 0 Å². The largest absolute Gasteiger partial charge is 0.327 e. The Morgan fingerprint density at radius 3 is 2.92 bits per heavy atom. The lowest BCUT2D eigenvalue weighted by molar-refractivity contribution is 0.259. The molecule has 4 heteroatoms. The smallest absolute Gasteiger partial charge is 0.0842 e. The third-order valence-electron chi connectivity index (χ3n) is 2.85. The monoisotopic (exact) mass is 180 g/mol. The standard InChI is InChI=1S/C9H16N4/c1-13-11-6-8(12-13)5-9(10)7-3-2-4-7/h6-7,9H,2-5,10H2,1H3. The molecule has 0 spiro atoms. The van der Waals surface area contributed by atoms with Crippen LogP contribution in [-0.2, 0) is 13.5 Å². The van der Waals surface area contributed by atoms with E-state index in [0.29, 0.717) is 0 Å². The SMILES string of the molecule is Cn1ncc(CC(N)C2CCC2)n1. The Hall–Kier alpha value is -0.900. The topological polar surface area (TPSA) is 56.7 Å². The lowest BCUT2D eigenvalue weighted by Gasteiger charge is -2.30. The predicted molar refractivity (Wildman–Crippen MR) is 50.0 cm³/mol. The van der Waals surface area contributed by atoms with Crippen molar-refractivity contribution >= 4 is 0 Å². The first kappa shape index (κ1) is 8.69. The van der Waals surface area contributed by atoms with Crippen molar-refractivity contribution in [3.05, 3.63) is 11.9 Å². The summed E-state index contributed by atoms with van der Waals surface area (Å²) in [7, 11) is 1.83. The Kier molecular flexibility index (Phi) is 2.31. The van der Waals surface area contributed by atoms with Crippen molar-refractivity contribution in [2.75, 3.05) is 0 Å². The van der Waals surface area contributed by atoms with E-state index >= 15 is 0 Å². The van der Waals surface area contributed by atoms with E-state index in [4.69, 9.17) is 5.73 Å². The fourth-order valence-electron chi connectivity index (χ4n) is 1.76. The van der Waals surface area contributed by atoms with Gasteiger partial charge in [0.05, 0.1) is 11.9 Å². The van der Waals surface area contributed by atoms with Gasteiger partial charge in [-0.15, -0.1) is 0 Å². The zero-order valence-electron chi connectivity index (χ0n) is 7.98. The van der Waals surface area contributed by atoms with Crippen LogP contribution in [0.15, 0.2) is 6.20 Å². The second-order valence-corrected chi connectivity index (χ2v) is 3.88. The molecule has 0 amide bonds. The van der Waals surface area contributed by atoms with Gasteiger partial charge in [-0.25, -0.2) is 0 Å². The average molecular weight is 180 g/mol. The van der Waals surface area contributed by atoms with Gasteiger partial charge in [0.1, 0.15) is 0 Å². The van der Waals surface area contributed by atoms with Gasteiger partial charge in [-0.05, 0) is 18.8 Å². The highest BCUT2D eigenvalue weighted by molar-refractivity contribution is 4.97. The lowest BCUT2D eigenvalue weighted by atomic mass is 9.79. The van der Waals surface area contributed by atoms with Gasteiger partial charge in [0, 0.05) is 19.5 Å². The van der Waals surface area contributed by atoms with Crippen LogP contribution in [0.5, 0.6) is 0 Å². The molecule has 0 bridgehead atoms. The van der Waals surface area contributed by atoms with Crippen LogP contribution in [0.3, 0.4) is 0 Å². The van der Waals surface area contributed by atoms with Crippen molar-refractivity contribution in [2.45, 2.75) is 31.7 Å². The van der Waals surface area contributed by atoms with Crippen LogP contribution in [0.4, 0.5) is 0 Å². The third-order valence-corrected chi connectivity index (χ3v) is 2.85. The number of aromatic nitrogens is 3. The highest BCUT2D eigenvalue weighted by Gasteiger charge is 2.24. The van der Waals surface area contributed by atoms with E-state index in [0.717, 1.165) is 18.0 Å². The molecule has 1 aromatic heterocycles. The van der Waals surface area contributed by atoms with Gasteiger partial charge in [0.25, 0.3) is 0 Å². The quantitative estimate of drug-likeness (QED) is 0.736. The van der Waals surface area contributed by atoms with Crippen molar-refractivity contribution in [1.29, 1.82) is 0 Å². The highest BCUT2D eigenvalue weighted by atomic mass is 15.4. The van der Waals surface area contributed by atoms with Gasteiger partial charge in [-0.3, -0.25) is 0 Å². The third kappa shape index (κ3) is 1.88. The summed E-state index contributed by atoms with van der Waals surface area (Å²) >= 11 is 0. The van der Waals surface area contributed by atoms with Crippen molar-refractivity contribution in [3.63, 3.8) is 0 Å². The van der Waals surface area contributed by atoms with Crippen LogP contribution in [0.25, 0.3) is 0 Å². The Labute approximate surface area is 78.1 Å². The van der Waals surface area contributed by atoms with Gasteiger partial charge < -0.3 is 5.73 Å². The summed E-state index contributed by atoms with van der Waals surface area (Å²) in [4.78, 5) is 1.59. The Morgan fingerprint density at radius 1 is 1.69 bits per heavy atom. The van der Waals surface area contributed by atoms with E-state index in [1.54, 1.807) is 11.0 Å². The minimum absolute atomic E-state index is 0.283. The number of hydrogen-bond donors (Lipinski definition) is 1. The summed E-state index contributed by atoms with van der Waals surface area (Å²) in [6.45, 7) is 0. The van der Waals surface area contributed by atoms with E-state index in [9.17, 15) is 0 Å². The first-order chi connectivity index (χ1) is 6.25. The van der Waals surface area contributed by atoms with E-state index < -0.39 is 0 Å². The van der Waals surface area contributed by atoms with Crippen LogP contribution in [0.1, 0.15) is 25.0 Å². The number of nitrogens with two attached hydrogens (primary N) is 1. The molecule has 0 aliphatic heterocycles. The number of rotatable bonds is 3. The summed E-state index contributed by atoms with van der Waals surface area (Å²) in [6.07, 6.45) is 6.61. The van der Waals surface area contributed by atoms with Crippen molar-refractivity contribution in [1.82, 2.24) is 15.0 Å². The molecular formula is C9H16N4. The van der Waals surface area contributed by atoms with Gasteiger partial charge in [0.2, 0.25) is 0 Å². The fourth-order valence-corrected chi connectivity index (χ4v) is 1.76. The molecule has 1 heterocycles. The molecule has 1 aliphatic rings. The molecule has 1 aliphatic carbocycles. The molecule has 4 nitrogen and oxygen atoms in total. The number of nitrogens with zero attached hydrogens (tertiary/aromatic N) is 3. The minimum atomic E-state index is 0.283. The first-order valence-electron chi connectivity index (χ1n) is 4.86. The van der Waals surface area contributed by atoms with Crippen LogP contribution in [-0.4, -0.2) is 21.0 Å². The molecule has 1 fully saturated rings. The van der Waals surface area contributed by atoms with Crippen molar-refractivity contribution < 1.29 is 0 Å². The van der Waals surface area contributed by atoms with Crippen LogP contribution in [0, 0.1) is 5.92 Å². The molecule has 0 radical (unpaired) electrons. The Morgan fingerprint density at radius 2 is 2.46 bits per heavy atom. The predicted octanol–water partition coefficient (Wildman–Crippen LogP) is 0.485. The fraction of sp³-hybridized carbons (Fsp3) is 0.778. The second kappa shape index (κ2) is 3.46. The molecule has 0 aromatic carbocycles.